The number of esters is 1. The Bertz CT molecular complexity index is 1010. The van der Waals surface area contributed by atoms with Gasteiger partial charge in [0.2, 0.25) is 0 Å². The van der Waals surface area contributed by atoms with Crippen LogP contribution in [-0.2, 0) is 9.53 Å². The van der Waals surface area contributed by atoms with E-state index >= 15 is 0 Å². The highest BCUT2D eigenvalue weighted by molar-refractivity contribution is 5.97. The van der Waals surface area contributed by atoms with Gasteiger partial charge in [0, 0.05) is 11.1 Å². The Balaban J connectivity index is 1.75. The van der Waals surface area contributed by atoms with Gasteiger partial charge in [-0.1, -0.05) is 42.5 Å². The summed E-state index contributed by atoms with van der Waals surface area (Å²) in [5, 5.41) is 4.84. The van der Waals surface area contributed by atoms with Gasteiger partial charge in [0.05, 0.1) is 12.2 Å². The zero-order valence-corrected chi connectivity index (χ0v) is 16.2. The molecule has 3 rings (SSSR count). The van der Waals surface area contributed by atoms with Crippen molar-refractivity contribution in [1.82, 2.24) is 0 Å². The summed E-state index contributed by atoms with van der Waals surface area (Å²) in [6.45, 7) is 5.60. The molecule has 5 heteroatoms. The number of hydrogen-bond acceptors (Lipinski definition) is 4. The van der Waals surface area contributed by atoms with E-state index in [4.69, 9.17) is 9.47 Å². The fourth-order valence-electron chi connectivity index (χ4n) is 2.87. The van der Waals surface area contributed by atoms with Crippen molar-refractivity contribution >= 4 is 28.3 Å². The number of carbonyl (C=O) groups is 2. The van der Waals surface area contributed by atoms with Crippen LogP contribution in [0.1, 0.15) is 29.8 Å². The van der Waals surface area contributed by atoms with Gasteiger partial charge in [0.25, 0.3) is 5.91 Å². The zero-order chi connectivity index (χ0) is 20.1. The number of carbonyl (C=O) groups excluding carboxylic acids is 2. The molecule has 5 nitrogen and oxygen atoms in total. The fraction of sp³-hybridized carbons (Fsp3) is 0.217. The number of fused-ring (bicyclic) bond motifs is 1. The van der Waals surface area contributed by atoms with E-state index in [0.717, 1.165) is 16.3 Å². The highest BCUT2D eigenvalue weighted by atomic mass is 16.5. The van der Waals surface area contributed by atoms with Crippen LogP contribution in [0.3, 0.4) is 0 Å². The van der Waals surface area contributed by atoms with E-state index in [9.17, 15) is 9.59 Å². The van der Waals surface area contributed by atoms with Crippen molar-refractivity contribution in [3.05, 3.63) is 71.8 Å². The van der Waals surface area contributed by atoms with Crippen LogP contribution in [0.2, 0.25) is 0 Å². The first-order valence-corrected chi connectivity index (χ1v) is 9.22. The summed E-state index contributed by atoms with van der Waals surface area (Å²) >= 11 is 0. The number of rotatable bonds is 6. The van der Waals surface area contributed by atoms with Crippen LogP contribution in [0.15, 0.2) is 60.7 Å². The summed E-state index contributed by atoms with van der Waals surface area (Å²) < 4.78 is 10.9. The predicted molar refractivity (Wildman–Crippen MR) is 110 cm³/mol. The van der Waals surface area contributed by atoms with E-state index in [1.807, 2.05) is 49.4 Å². The van der Waals surface area contributed by atoms with Crippen molar-refractivity contribution in [3.8, 4) is 5.75 Å². The first-order chi connectivity index (χ1) is 13.5. The molecule has 1 N–H and O–H groups in total. The number of ether oxygens (including phenoxy) is 2. The highest BCUT2D eigenvalue weighted by Gasteiger charge is 2.18. The summed E-state index contributed by atoms with van der Waals surface area (Å²) in [4.78, 5) is 24.6. The standard InChI is InChI=1S/C23H23NO4/c1-4-27-23(26)18-13-12-15(2)20(14-18)24-22(25)16(3)28-21-11-7-9-17-8-5-6-10-19(17)21/h5-14,16H,4H2,1-3H3,(H,24,25). The average molecular weight is 377 g/mol. The summed E-state index contributed by atoms with van der Waals surface area (Å²) in [6.07, 6.45) is -0.712. The molecule has 0 aromatic heterocycles. The lowest BCUT2D eigenvalue weighted by Crippen LogP contribution is -2.30. The molecule has 1 unspecified atom stereocenters. The molecule has 3 aromatic rings. The molecule has 144 valence electrons. The van der Waals surface area contributed by atoms with Crippen LogP contribution in [-0.4, -0.2) is 24.6 Å². The van der Waals surface area contributed by atoms with E-state index in [1.54, 1.807) is 32.0 Å². The van der Waals surface area contributed by atoms with Gasteiger partial charge in [0.1, 0.15) is 5.75 Å². The summed E-state index contributed by atoms with van der Waals surface area (Å²) in [5.41, 5.74) is 1.80. The molecule has 3 aromatic carbocycles. The monoisotopic (exact) mass is 377 g/mol. The van der Waals surface area contributed by atoms with Crippen LogP contribution in [0.25, 0.3) is 10.8 Å². The molecule has 0 spiro atoms. The first kappa shape index (κ1) is 19.4. The number of benzene rings is 3. The average Bonchev–Trinajstić information content (AvgIpc) is 2.70. The highest BCUT2D eigenvalue weighted by Crippen LogP contribution is 2.26. The quantitative estimate of drug-likeness (QED) is 0.631. The Morgan fingerprint density at radius 1 is 1.04 bits per heavy atom. The molecule has 0 aliphatic carbocycles. The molecule has 0 saturated heterocycles. The van der Waals surface area contributed by atoms with Crippen LogP contribution >= 0.6 is 0 Å². The number of nitrogens with one attached hydrogen (secondary N) is 1. The molecule has 0 fully saturated rings. The van der Waals surface area contributed by atoms with Crippen LogP contribution in [0.4, 0.5) is 5.69 Å². The van der Waals surface area contributed by atoms with Crippen LogP contribution in [0.5, 0.6) is 5.75 Å². The Hall–Kier alpha value is -3.34. The Morgan fingerprint density at radius 3 is 2.57 bits per heavy atom. The molecule has 0 radical (unpaired) electrons. The van der Waals surface area contributed by atoms with E-state index in [0.29, 0.717) is 23.6 Å². The number of anilines is 1. The Morgan fingerprint density at radius 2 is 1.79 bits per heavy atom. The Kier molecular flexibility index (Phi) is 5.94. The van der Waals surface area contributed by atoms with Crippen molar-refractivity contribution < 1.29 is 19.1 Å². The van der Waals surface area contributed by atoms with Gasteiger partial charge in [-0.2, -0.15) is 0 Å². The second-order valence-corrected chi connectivity index (χ2v) is 6.48. The summed E-state index contributed by atoms with van der Waals surface area (Å²) in [7, 11) is 0. The van der Waals surface area contributed by atoms with Crippen molar-refractivity contribution in [2.75, 3.05) is 11.9 Å². The van der Waals surface area contributed by atoms with E-state index in [-0.39, 0.29) is 5.91 Å². The predicted octanol–water partition coefficient (Wildman–Crippen LogP) is 4.73. The molecule has 0 aliphatic heterocycles. The van der Waals surface area contributed by atoms with Gasteiger partial charge in [-0.15, -0.1) is 0 Å². The van der Waals surface area contributed by atoms with E-state index in [2.05, 4.69) is 5.32 Å². The van der Waals surface area contributed by atoms with E-state index in [1.165, 1.54) is 0 Å². The largest absolute Gasteiger partial charge is 0.480 e. The third kappa shape index (κ3) is 4.31. The molecule has 0 bridgehead atoms. The van der Waals surface area contributed by atoms with Gasteiger partial charge in [-0.25, -0.2) is 4.79 Å². The van der Waals surface area contributed by atoms with Crippen LogP contribution in [0, 0.1) is 6.92 Å². The molecule has 1 amide bonds. The van der Waals surface area contributed by atoms with Gasteiger partial charge in [0.15, 0.2) is 6.10 Å². The smallest absolute Gasteiger partial charge is 0.338 e. The van der Waals surface area contributed by atoms with Crippen molar-refractivity contribution in [2.45, 2.75) is 26.9 Å². The second-order valence-electron chi connectivity index (χ2n) is 6.48. The van der Waals surface area contributed by atoms with Crippen molar-refractivity contribution in [2.24, 2.45) is 0 Å². The minimum atomic E-state index is -0.712. The fourth-order valence-corrected chi connectivity index (χ4v) is 2.87. The van der Waals surface area contributed by atoms with Gasteiger partial charge >= 0.3 is 5.97 Å². The topological polar surface area (TPSA) is 64.6 Å². The SMILES string of the molecule is CCOC(=O)c1ccc(C)c(NC(=O)C(C)Oc2cccc3ccccc23)c1. The summed E-state index contributed by atoms with van der Waals surface area (Å²) in [5.74, 6) is -0.0622. The van der Waals surface area contributed by atoms with Gasteiger partial charge < -0.3 is 14.8 Å². The van der Waals surface area contributed by atoms with Gasteiger partial charge in [-0.05, 0) is 49.9 Å². The molecule has 0 heterocycles. The molecule has 28 heavy (non-hydrogen) atoms. The maximum Gasteiger partial charge on any atom is 0.338 e. The normalized spacial score (nSPS) is 11.7. The molecular weight excluding hydrogens is 354 g/mol. The maximum absolute atomic E-state index is 12.7. The number of aryl methyl sites for hydroxylation is 1. The molecule has 0 saturated carbocycles. The number of amides is 1. The molecule has 0 aliphatic rings. The minimum absolute atomic E-state index is 0.294. The van der Waals surface area contributed by atoms with Crippen molar-refractivity contribution in [3.63, 3.8) is 0 Å². The lowest BCUT2D eigenvalue weighted by atomic mass is 10.1. The number of hydrogen-bond donors (Lipinski definition) is 1. The molecule has 1 atom stereocenters. The summed E-state index contributed by atoms with van der Waals surface area (Å²) in [6, 6.07) is 18.7. The third-order valence-electron chi connectivity index (χ3n) is 4.43. The van der Waals surface area contributed by atoms with E-state index < -0.39 is 12.1 Å². The maximum atomic E-state index is 12.7. The molecular formula is C23H23NO4. The van der Waals surface area contributed by atoms with Crippen molar-refractivity contribution in [1.29, 1.82) is 0 Å². The second kappa shape index (κ2) is 8.57. The minimum Gasteiger partial charge on any atom is -0.480 e. The lowest BCUT2D eigenvalue weighted by Gasteiger charge is -2.17. The first-order valence-electron chi connectivity index (χ1n) is 9.22. The van der Waals surface area contributed by atoms with Crippen LogP contribution < -0.4 is 10.1 Å². The Labute approximate surface area is 164 Å². The lowest BCUT2D eigenvalue weighted by molar-refractivity contribution is -0.122. The zero-order valence-electron chi connectivity index (χ0n) is 16.2. The third-order valence-corrected chi connectivity index (χ3v) is 4.43. The van der Waals surface area contributed by atoms with Gasteiger partial charge in [-0.3, -0.25) is 4.79 Å².